The Bertz CT molecular complexity index is 351. The number of ether oxygens (including phenoxy) is 2. The van der Waals surface area contributed by atoms with Gasteiger partial charge in [0.1, 0.15) is 0 Å². The first-order chi connectivity index (χ1) is 11.3. The molecule has 0 bridgehead atoms. The highest BCUT2D eigenvalue weighted by Gasteiger charge is 2.20. The number of rotatable bonds is 8. The van der Waals surface area contributed by atoms with Crippen LogP contribution < -0.4 is 10.6 Å². The summed E-state index contributed by atoms with van der Waals surface area (Å²) in [6.45, 7) is 6.56. The molecule has 0 saturated carbocycles. The van der Waals surface area contributed by atoms with Crippen LogP contribution in [0.2, 0.25) is 0 Å². The van der Waals surface area contributed by atoms with Gasteiger partial charge in [-0.1, -0.05) is 0 Å². The first-order valence-electron chi connectivity index (χ1n) is 9.10. The van der Waals surface area contributed by atoms with Crippen molar-refractivity contribution < 1.29 is 9.47 Å². The van der Waals surface area contributed by atoms with Gasteiger partial charge in [-0.3, -0.25) is 4.99 Å². The van der Waals surface area contributed by atoms with E-state index in [-0.39, 0.29) is 24.0 Å². The van der Waals surface area contributed by atoms with Crippen LogP contribution in [0.3, 0.4) is 0 Å². The zero-order valence-electron chi connectivity index (χ0n) is 15.3. The van der Waals surface area contributed by atoms with Crippen molar-refractivity contribution in [2.24, 2.45) is 10.9 Å². The normalized spacial score (nSPS) is 23.1. The summed E-state index contributed by atoms with van der Waals surface area (Å²) < 4.78 is 11.1. The van der Waals surface area contributed by atoms with Gasteiger partial charge in [0.25, 0.3) is 0 Å². The average molecular weight is 454 g/mol. The van der Waals surface area contributed by atoms with E-state index in [0.717, 1.165) is 64.7 Å². The fourth-order valence-electron chi connectivity index (χ4n) is 3.22. The minimum atomic E-state index is 0. The predicted octanol–water partition coefficient (Wildman–Crippen LogP) is 1.70. The van der Waals surface area contributed by atoms with E-state index in [1.807, 2.05) is 7.05 Å². The van der Waals surface area contributed by atoms with Gasteiger partial charge in [0.2, 0.25) is 0 Å². The number of halogens is 1. The molecule has 0 aromatic heterocycles. The molecule has 1 unspecified atom stereocenters. The van der Waals surface area contributed by atoms with Crippen LogP contribution in [-0.4, -0.2) is 77.1 Å². The van der Waals surface area contributed by atoms with Crippen molar-refractivity contribution in [1.29, 1.82) is 0 Å². The average Bonchev–Trinajstić information content (AvgIpc) is 2.99. The minimum Gasteiger partial charge on any atom is -0.381 e. The molecule has 0 aromatic rings. The zero-order valence-corrected chi connectivity index (χ0v) is 17.6. The molecular formula is C17H35IN4O2. The Morgan fingerprint density at radius 2 is 2.04 bits per heavy atom. The fraction of sp³-hybridized carbons (Fsp3) is 0.941. The lowest BCUT2D eigenvalue weighted by molar-refractivity contribution is 0.0203. The Balaban J connectivity index is 0.00000288. The molecule has 0 aliphatic carbocycles. The fourth-order valence-corrected chi connectivity index (χ4v) is 3.22. The molecule has 2 saturated heterocycles. The lowest BCUT2D eigenvalue weighted by atomic mass is 10.0. The van der Waals surface area contributed by atoms with E-state index in [1.165, 1.54) is 19.4 Å². The summed E-state index contributed by atoms with van der Waals surface area (Å²) >= 11 is 0. The minimum absolute atomic E-state index is 0. The van der Waals surface area contributed by atoms with Gasteiger partial charge in [-0.05, 0) is 51.6 Å². The van der Waals surface area contributed by atoms with Crippen molar-refractivity contribution in [3.63, 3.8) is 0 Å². The summed E-state index contributed by atoms with van der Waals surface area (Å²) in [6.07, 6.45) is 5.88. The molecule has 2 fully saturated rings. The Kier molecular flexibility index (Phi) is 12.0. The molecule has 2 heterocycles. The Labute approximate surface area is 164 Å². The second kappa shape index (κ2) is 13.1. The number of likely N-dealkylation sites (tertiary alicyclic amines) is 1. The zero-order chi connectivity index (χ0) is 16.3. The van der Waals surface area contributed by atoms with E-state index < -0.39 is 0 Å². The van der Waals surface area contributed by atoms with E-state index >= 15 is 0 Å². The van der Waals surface area contributed by atoms with Crippen LogP contribution in [0.25, 0.3) is 0 Å². The van der Waals surface area contributed by atoms with Crippen molar-refractivity contribution >= 4 is 29.9 Å². The molecule has 0 spiro atoms. The smallest absolute Gasteiger partial charge is 0.191 e. The summed E-state index contributed by atoms with van der Waals surface area (Å²) in [4.78, 5) is 6.71. The van der Waals surface area contributed by atoms with Crippen LogP contribution in [0.1, 0.15) is 32.1 Å². The largest absolute Gasteiger partial charge is 0.381 e. The van der Waals surface area contributed by atoms with E-state index in [1.54, 1.807) is 0 Å². The topological polar surface area (TPSA) is 58.1 Å². The summed E-state index contributed by atoms with van der Waals surface area (Å²) in [6, 6.07) is 0.636. The van der Waals surface area contributed by atoms with Gasteiger partial charge in [0.05, 0.1) is 0 Å². The number of hydrogen-bond acceptors (Lipinski definition) is 4. The van der Waals surface area contributed by atoms with Crippen LogP contribution >= 0.6 is 24.0 Å². The molecule has 1 atom stereocenters. The van der Waals surface area contributed by atoms with Crippen molar-refractivity contribution in [2.75, 3.05) is 60.2 Å². The maximum absolute atomic E-state index is 5.78. The molecular weight excluding hydrogens is 419 g/mol. The van der Waals surface area contributed by atoms with Gasteiger partial charge in [0.15, 0.2) is 5.96 Å². The predicted molar refractivity (Wildman–Crippen MR) is 109 cm³/mol. The van der Waals surface area contributed by atoms with Crippen LogP contribution in [0.4, 0.5) is 0 Å². The molecule has 0 amide bonds. The Morgan fingerprint density at radius 1 is 1.25 bits per heavy atom. The van der Waals surface area contributed by atoms with Crippen LogP contribution in [-0.2, 0) is 9.47 Å². The lowest BCUT2D eigenvalue weighted by Crippen LogP contribution is -2.44. The number of guanidine groups is 1. The second-order valence-corrected chi connectivity index (χ2v) is 6.64. The highest BCUT2D eigenvalue weighted by atomic mass is 127. The molecule has 2 aliphatic rings. The number of nitrogens with zero attached hydrogens (tertiary/aromatic N) is 2. The third kappa shape index (κ3) is 8.31. The van der Waals surface area contributed by atoms with Crippen molar-refractivity contribution in [1.82, 2.24) is 15.5 Å². The summed E-state index contributed by atoms with van der Waals surface area (Å²) in [5.41, 5.74) is 0. The van der Waals surface area contributed by atoms with Crippen molar-refractivity contribution in [3.8, 4) is 0 Å². The number of nitrogens with one attached hydrogen (secondary N) is 2. The maximum Gasteiger partial charge on any atom is 0.191 e. The molecule has 2 N–H and O–H groups in total. The van der Waals surface area contributed by atoms with E-state index in [2.05, 4.69) is 27.6 Å². The number of aliphatic imine (C=N–C) groups is 1. The lowest BCUT2D eigenvalue weighted by Gasteiger charge is -2.22. The summed E-state index contributed by atoms with van der Waals surface area (Å²) in [5.74, 6) is 1.59. The first kappa shape index (κ1) is 21.9. The van der Waals surface area contributed by atoms with Crippen LogP contribution in [0, 0.1) is 5.92 Å². The third-order valence-electron chi connectivity index (χ3n) is 4.85. The van der Waals surface area contributed by atoms with Gasteiger partial charge in [-0.2, -0.15) is 0 Å². The monoisotopic (exact) mass is 454 g/mol. The molecule has 0 aromatic carbocycles. The molecule has 0 radical (unpaired) electrons. The molecule has 6 nitrogen and oxygen atoms in total. The van der Waals surface area contributed by atoms with Gasteiger partial charge in [-0.25, -0.2) is 0 Å². The Morgan fingerprint density at radius 3 is 2.71 bits per heavy atom. The van der Waals surface area contributed by atoms with E-state index in [9.17, 15) is 0 Å². The maximum atomic E-state index is 5.78. The van der Waals surface area contributed by atoms with Gasteiger partial charge in [-0.15, -0.1) is 24.0 Å². The SMILES string of the molecule is CN=C(NCCCOCC1CCOCC1)NCC1CCCN1C.I. The third-order valence-corrected chi connectivity index (χ3v) is 4.85. The molecule has 2 aliphatic heterocycles. The van der Waals surface area contributed by atoms with Gasteiger partial charge in [0, 0.05) is 52.6 Å². The van der Waals surface area contributed by atoms with Crippen molar-refractivity contribution in [2.45, 2.75) is 38.1 Å². The molecule has 2 rings (SSSR count). The molecule has 7 heteroatoms. The van der Waals surface area contributed by atoms with Crippen LogP contribution in [0.5, 0.6) is 0 Å². The van der Waals surface area contributed by atoms with Gasteiger partial charge >= 0.3 is 0 Å². The molecule has 142 valence electrons. The summed E-state index contributed by atoms with van der Waals surface area (Å²) in [5, 5.41) is 6.79. The quantitative estimate of drug-likeness (QED) is 0.253. The van der Waals surface area contributed by atoms with Gasteiger partial charge < -0.3 is 25.0 Å². The van der Waals surface area contributed by atoms with E-state index in [0.29, 0.717) is 12.0 Å². The number of hydrogen-bond donors (Lipinski definition) is 2. The van der Waals surface area contributed by atoms with E-state index in [4.69, 9.17) is 9.47 Å². The van der Waals surface area contributed by atoms with Crippen LogP contribution in [0.15, 0.2) is 4.99 Å². The molecule has 24 heavy (non-hydrogen) atoms. The summed E-state index contributed by atoms with van der Waals surface area (Å²) in [7, 11) is 4.03. The Hall–Kier alpha value is -0.120. The second-order valence-electron chi connectivity index (χ2n) is 6.64. The first-order valence-corrected chi connectivity index (χ1v) is 9.10. The van der Waals surface area contributed by atoms with Crippen molar-refractivity contribution in [3.05, 3.63) is 0 Å². The highest BCUT2D eigenvalue weighted by molar-refractivity contribution is 14.0. The standard InChI is InChI=1S/C17H34N4O2.HI/c1-18-17(20-13-16-5-3-9-21(16)2)19-8-4-10-23-14-15-6-11-22-12-7-15;/h15-16H,3-14H2,1-2H3,(H2,18,19,20);1H. The highest BCUT2D eigenvalue weighted by Crippen LogP contribution is 2.14. The number of likely N-dealkylation sites (N-methyl/N-ethyl adjacent to an activating group) is 1.